The highest BCUT2D eigenvalue weighted by atomic mass is 19.3. The van der Waals surface area contributed by atoms with Crippen LogP contribution in [0.3, 0.4) is 0 Å². The average molecular weight is 294 g/mol. The van der Waals surface area contributed by atoms with Crippen LogP contribution in [-0.4, -0.2) is 48.8 Å². The Morgan fingerprint density at radius 1 is 1.25 bits per heavy atom. The second kappa shape index (κ2) is 7.98. The molecule has 116 valence electrons. The summed E-state index contributed by atoms with van der Waals surface area (Å²) in [5, 5.41) is 14.1. The summed E-state index contributed by atoms with van der Waals surface area (Å²) in [6.45, 7) is -0.672. The molecular formula is C12H20F2N2O4. The minimum atomic E-state index is -2.54. The van der Waals surface area contributed by atoms with E-state index in [0.717, 1.165) is 19.3 Å². The summed E-state index contributed by atoms with van der Waals surface area (Å²) in [6, 6.07) is -0.616. The lowest BCUT2D eigenvalue weighted by atomic mass is 9.82. The number of carbonyl (C=O) groups is 2. The van der Waals surface area contributed by atoms with Crippen LogP contribution in [0.15, 0.2) is 0 Å². The molecule has 0 aromatic heterocycles. The smallest absolute Gasteiger partial charge is 0.329 e. The maximum Gasteiger partial charge on any atom is 0.329 e. The molecule has 0 spiro atoms. The topological polar surface area (TPSA) is 87.7 Å². The highest BCUT2D eigenvalue weighted by molar-refractivity contribution is 5.86. The summed E-state index contributed by atoms with van der Waals surface area (Å²) in [4.78, 5) is 22.9. The molecule has 0 unspecified atom stereocenters. The molecule has 1 fully saturated rings. The first-order valence-electron chi connectivity index (χ1n) is 6.61. The summed E-state index contributed by atoms with van der Waals surface area (Å²) in [7, 11) is 0. The van der Waals surface area contributed by atoms with Crippen LogP contribution in [0.1, 0.15) is 32.1 Å². The minimum absolute atomic E-state index is 0.0438. The van der Waals surface area contributed by atoms with Crippen LogP contribution in [0.2, 0.25) is 0 Å². The predicted octanol–water partition coefficient (Wildman–Crippen LogP) is 1.35. The van der Waals surface area contributed by atoms with Crippen molar-refractivity contribution in [3.8, 4) is 0 Å². The maximum absolute atomic E-state index is 11.8. The molecule has 0 aromatic carbocycles. The second-order valence-corrected chi connectivity index (χ2v) is 4.79. The number of carbonyl (C=O) groups excluding carboxylic acids is 1. The normalized spacial score (nSPS) is 17.8. The molecule has 3 N–H and O–H groups in total. The van der Waals surface area contributed by atoms with Gasteiger partial charge in [-0.2, -0.15) is 0 Å². The Labute approximate surface area is 115 Å². The van der Waals surface area contributed by atoms with Gasteiger partial charge in [0, 0.05) is 6.54 Å². The summed E-state index contributed by atoms with van der Waals surface area (Å²) >= 11 is 0. The third kappa shape index (κ3) is 5.28. The number of rotatable bonds is 7. The van der Waals surface area contributed by atoms with Crippen LogP contribution in [0.25, 0.3) is 0 Å². The van der Waals surface area contributed by atoms with Crippen LogP contribution in [-0.2, 0) is 9.53 Å². The number of carboxylic acids is 1. The van der Waals surface area contributed by atoms with Crippen molar-refractivity contribution >= 4 is 12.0 Å². The third-order valence-electron chi connectivity index (χ3n) is 3.25. The van der Waals surface area contributed by atoms with Crippen LogP contribution in [0.5, 0.6) is 0 Å². The molecule has 2 amide bonds. The van der Waals surface area contributed by atoms with Gasteiger partial charge in [-0.3, -0.25) is 0 Å². The van der Waals surface area contributed by atoms with E-state index in [2.05, 4.69) is 15.4 Å². The van der Waals surface area contributed by atoms with E-state index in [9.17, 15) is 23.5 Å². The number of urea groups is 1. The van der Waals surface area contributed by atoms with Gasteiger partial charge < -0.3 is 20.5 Å². The van der Waals surface area contributed by atoms with Crippen molar-refractivity contribution < 1.29 is 28.2 Å². The van der Waals surface area contributed by atoms with Crippen molar-refractivity contribution in [2.45, 2.75) is 44.1 Å². The van der Waals surface area contributed by atoms with Crippen LogP contribution >= 0.6 is 0 Å². The number of hydrogen-bond donors (Lipinski definition) is 3. The molecule has 0 bridgehead atoms. The maximum atomic E-state index is 11.8. The van der Waals surface area contributed by atoms with E-state index in [1.165, 1.54) is 0 Å². The number of halogens is 2. The zero-order valence-corrected chi connectivity index (χ0v) is 11.2. The zero-order valence-electron chi connectivity index (χ0n) is 11.2. The first-order chi connectivity index (χ1) is 9.46. The van der Waals surface area contributed by atoms with Gasteiger partial charge in [-0.25, -0.2) is 18.4 Å². The number of carboxylic acid groups (broad SMARTS) is 1. The van der Waals surface area contributed by atoms with Gasteiger partial charge >= 0.3 is 12.0 Å². The monoisotopic (exact) mass is 294 g/mol. The Morgan fingerprint density at radius 2 is 1.90 bits per heavy atom. The molecule has 1 rings (SSSR count). The largest absolute Gasteiger partial charge is 0.480 e. The molecule has 1 saturated carbocycles. The van der Waals surface area contributed by atoms with Gasteiger partial charge in [0.1, 0.15) is 12.1 Å². The third-order valence-corrected chi connectivity index (χ3v) is 3.25. The lowest BCUT2D eigenvalue weighted by Crippen LogP contribution is -2.58. The lowest BCUT2D eigenvalue weighted by Gasteiger charge is -2.33. The van der Waals surface area contributed by atoms with Crippen molar-refractivity contribution in [2.24, 2.45) is 0 Å². The molecule has 0 aromatic rings. The van der Waals surface area contributed by atoms with Crippen molar-refractivity contribution in [3.05, 3.63) is 0 Å². The number of hydrogen-bond acceptors (Lipinski definition) is 3. The van der Waals surface area contributed by atoms with Crippen LogP contribution in [0, 0.1) is 0 Å². The highest BCUT2D eigenvalue weighted by Crippen LogP contribution is 2.28. The van der Waals surface area contributed by atoms with E-state index in [-0.39, 0.29) is 13.2 Å². The Bertz CT molecular complexity index is 333. The second-order valence-electron chi connectivity index (χ2n) is 4.79. The van der Waals surface area contributed by atoms with Crippen molar-refractivity contribution in [1.29, 1.82) is 0 Å². The van der Waals surface area contributed by atoms with Crippen LogP contribution in [0.4, 0.5) is 13.6 Å². The molecule has 0 radical (unpaired) electrons. The summed E-state index contributed by atoms with van der Waals surface area (Å²) in [5.74, 6) is -1.04. The van der Waals surface area contributed by atoms with E-state index in [1.807, 2.05) is 0 Å². The summed E-state index contributed by atoms with van der Waals surface area (Å²) in [6.07, 6.45) is 0.727. The molecule has 0 heterocycles. The number of aliphatic carboxylic acids is 1. The Hall–Kier alpha value is -1.44. The fourth-order valence-electron chi connectivity index (χ4n) is 2.22. The number of amides is 2. The van der Waals surface area contributed by atoms with E-state index >= 15 is 0 Å². The van der Waals surface area contributed by atoms with Crippen molar-refractivity contribution in [3.63, 3.8) is 0 Å². The molecule has 0 aliphatic heterocycles. The molecule has 1 aliphatic carbocycles. The first kappa shape index (κ1) is 16.6. The summed E-state index contributed by atoms with van der Waals surface area (Å²) < 4.78 is 28.2. The number of nitrogens with one attached hydrogen (secondary N) is 2. The quantitative estimate of drug-likeness (QED) is 0.619. The van der Waals surface area contributed by atoms with Gasteiger partial charge in [0.15, 0.2) is 0 Å². The van der Waals surface area contributed by atoms with Crippen molar-refractivity contribution in [2.75, 3.05) is 19.8 Å². The predicted molar refractivity (Wildman–Crippen MR) is 66.8 cm³/mol. The van der Waals surface area contributed by atoms with Gasteiger partial charge in [0.05, 0.1) is 6.61 Å². The fourth-order valence-corrected chi connectivity index (χ4v) is 2.22. The molecule has 0 saturated heterocycles. The number of alkyl halides is 2. The number of ether oxygens (including phenoxy) is 1. The van der Waals surface area contributed by atoms with Gasteiger partial charge in [-0.05, 0) is 12.8 Å². The zero-order chi connectivity index (χ0) is 15.0. The van der Waals surface area contributed by atoms with Crippen molar-refractivity contribution in [1.82, 2.24) is 10.6 Å². The highest BCUT2D eigenvalue weighted by Gasteiger charge is 2.40. The van der Waals surface area contributed by atoms with E-state index in [0.29, 0.717) is 12.8 Å². The molecule has 20 heavy (non-hydrogen) atoms. The van der Waals surface area contributed by atoms with E-state index in [4.69, 9.17) is 0 Å². The average Bonchev–Trinajstić information content (AvgIpc) is 2.38. The van der Waals surface area contributed by atoms with E-state index in [1.54, 1.807) is 0 Å². The van der Waals surface area contributed by atoms with Gasteiger partial charge in [-0.15, -0.1) is 0 Å². The molecular weight excluding hydrogens is 274 g/mol. The molecule has 1 aliphatic rings. The fraction of sp³-hybridized carbons (Fsp3) is 0.833. The van der Waals surface area contributed by atoms with Gasteiger partial charge in [0.2, 0.25) is 0 Å². The Balaban J connectivity index is 2.30. The van der Waals surface area contributed by atoms with Crippen LogP contribution < -0.4 is 10.6 Å². The standard InChI is InChI=1S/C12H20F2N2O4/c13-9(14)8-20-7-6-15-11(19)16-12(10(17)18)4-2-1-3-5-12/h9H,1-8H2,(H,17,18)(H2,15,16,19). The van der Waals surface area contributed by atoms with Gasteiger partial charge in [-0.1, -0.05) is 19.3 Å². The lowest BCUT2D eigenvalue weighted by molar-refractivity contribution is -0.145. The minimum Gasteiger partial charge on any atom is -0.480 e. The van der Waals surface area contributed by atoms with Gasteiger partial charge in [0.25, 0.3) is 6.43 Å². The Kier molecular flexibility index (Phi) is 6.63. The Morgan fingerprint density at radius 3 is 2.45 bits per heavy atom. The SMILES string of the molecule is O=C(NCCOCC(F)F)NC1(C(=O)O)CCCCC1. The molecule has 6 nitrogen and oxygen atoms in total. The first-order valence-corrected chi connectivity index (χ1v) is 6.61. The van der Waals surface area contributed by atoms with E-state index < -0.39 is 30.6 Å². The summed E-state index contributed by atoms with van der Waals surface area (Å²) in [5.41, 5.74) is -1.22. The molecule has 8 heteroatoms. The molecule has 0 atom stereocenters.